The summed E-state index contributed by atoms with van der Waals surface area (Å²) in [5, 5.41) is 8.01. The van der Waals surface area contributed by atoms with E-state index in [0.29, 0.717) is 0 Å². The van der Waals surface area contributed by atoms with Crippen LogP contribution in [0.2, 0.25) is 0 Å². The van der Waals surface area contributed by atoms with E-state index in [1.54, 1.807) is 0 Å². The monoisotopic (exact) mass is 252 g/mol. The molecule has 0 spiro atoms. The van der Waals surface area contributed by atoms with Gasteiger partial charge >= 0.3 is 12.1 Å². The molecule has 11 heteroatoms. The average molecular weight is 252 g/mol. The van der Waals surface area contributed by atoms with E-state index >= 15 is 0 Å². The van der Waals surface area contributed by atoms with Crippen LogP contribution in [0.25, 0.3) is 0 Å². The Morgan fingerprint density at radius 3 is 2.33 bits per heavy atom. The van der Waals surface area contributed by atoms with Gasteiger partial charge in [-0.3, -0.25) is 4.84 Å². The van der Waals surface area contributed by atoms with Crippen LogP contribution in [0, 0.1) is 0 Å². The predicted octanol–water partition coefficient (Wildman–Crippen LogP) is -1.01. The maximum absolute atomic E-state index is 11.5. The van der Waals surface area contributed by atoms with Gasteiger partial charge in [-0.25, -0.2) is 4.79 Å². The molecule has 0 bridgehead atoms. The first-order valence-corrected chi connectivity index (χ1v) is 4.77. The number of alkyl halides is 3. The molecule has 0 aromatic heterocycles. The smallest absolute Gasteiger partial charge is 0.402 e. The van der Waals surface area contributed by atoms with Crippen molar-refractivity contribution in [3.05, 3.63) is 0 Å². The first-order chi connectivity index (χ1) is 6.62. The number of nitrogens with one attached hydrogen (secondary N) is 2. The number of carboxylic acid groups (broad SMARTS) is 1. The Morgan fingerprint density at radius 2 is 1.93 bits per heavy atom. The number of carbonyl (C=O) groups is 1. The van der Waals surface area contributed by atoms with Gasteiger partial charge in [0.15, 0.2) is 6.61 Å². The molecule has 90 valence electrons. The summed E-state index contributed by atoms with van der Waals surface area (Å²) >= 11 is 0. The lowest BCUT2D eigenvalue weighted by atomic mass is 10.7. The van der Waals surface area contributed by atoms with Gasteiger partial charge in [0.25, 0.3) is 10.2 Å². The van der Waals surface area contributed by atoms with Gasteiger partial charge < -0.3 is 5.11 Å². The van der Waals surface area contributed by atoms with Gasteiger partial charge in [0.2, 0.25) is 0 Å². The van der Waals surface area contributed by atoms with Gasteiger partial charge in [-0.15, -0.1) is 0 Å². The van der Waals surface area contributed by atoms with E-state index in [2.05, 4.69) is 4.84 Å². The molecule has 0 amide bonds. The van der Waals surface area contributed by atoms with Crippen molar-refractivity contribution in [2.75, 3.05) is 13.2 Å². The minimum Gasteiger partial charge on any atom is -0.479 e. The van der Waals surface area contributed by atoms with Gasteiger partial charge in [-0.05, 0) is 0 Å². The molecule has 0 aromatic carbocycles. The highest BCUT2D eigenvalue weighted by Gasteiger charge is 2.29. The van der Waals surface area contributed by atoms with E-state index in [9.17, 15) is 26.4 Å². The zero-order valence-electron chi connectivity index (χ0n) is 7.04. The molecule has 3 N–H and O–H groups in total. The predicted molar refractivity (Wildman–Crippen MR) is 39.7 cm³/mol. The molecule has 7 nitrogen and oxygen atoms in total. The summed E-state index contributed by atoms with van der Waals surface area (Å²) in [6.07, 6.45) is -4.71. The van der Waals surface area contributed by atoms with Crippen molar-refractivity contribution in [2.24, 2.45) is 0 Å². The Morgan fingerprint density at radius 1 is 1.40 bits per heavy atom. The molecular weight excluding hydrogens is 245 g/mol. The maximum Gasteiger partial charge on any atom is 0.402 e. The highest BCUT2D eigenvalue weighted by molar-refractivity contribution is 7.87. The highest BCUT2D eigenvalue weighted by Crippen LogP contribution is 2.12. The second kappa shape index (κ2) is 5.25. The van der Waals surface area contributed by atoms with Crippen molar-refractivity contribution in [1.82, 2.24) is 9.61 Å². The zero-order valence-corrected chi connectivity index (χ0v) is 7.85. The third-order valence-corrected chi connectivity index (χ3v) is 1.69. The van der Waals surface area contributed by atoms with E-state index in [1.165, 1.54) is 0 Å². The molecule has 0 unspecified atom stereocenters. The first kappa shape index (κ1) is 14.1. The molecule has 0 saturated heterocycles. The normalized spacial score (nSPS) is 12.7. The Hall–Kier alpha value is -0.910. The zero-order chi connectivity index (χ0) is 12.1. The molecule has 0 saturated carbocycles. The van der Waals surface area contributed by atoms with E-state index in [4.69, 9.17) is 5.11 Å². The average Bonchev–Trinajstić information content (AvgIpc) is 1.99. The molecular formula is C4H7F3N2O5S. The fourth-order valence-electron chi connectivity index (χ4n) is 0.375. The Kier molecular flexibility index (Phi) is 4.93. The summed E-state index contributed by atoms with van der Waals surface area (Å²) in [6.45, 7) is -2.79. The molecule has 15 heavy (non-hydrogen) atoms. The standard InChI is InChI=1S/C4H7F3N2O5S/c5-4(6,7)2-8-15(12,13)9-14-1-3(10)11/h8-9H,1-2H2,(H,10,11). The van der Waals surface area contributed by atoms with Crippen molar-refractivity contribution < 1.29 is 36.3 Å². The molecule has 0 heterocycles. The van der Waals surface area contributed by atoms with Crippen molar-refractivity contribution >= 4 is 16.2 Å². The van der Waals surface area contributed by atoms with Crippen LogP contribution in [0.5, 0.6) is 0 Å². The Balaban J connectivity index is 3.94. The van der Waals surface area contributed by atoms with Gasteiger partial charge in [-0.2, -0.15) is 26.3 Å². The van der Waals surface area contributed by atoms with E-state index < -0.39 is 35.5 Å². The number of hydrogen-bond acceptors (Lipinski definition) is 4. The Bertz CT molecular complexity index is 313. The fraction of sp³-hybridized carbons (Fsp3) is 0.750. The number of halogens is 3. The van der Waals surface area contributed by atoms with Crippen LogP contribution in [0.3, 0.4) is 0 Å². The fourth-order valence-corrected chi connectivity index (χ4v) is 1.00. The van der Waals surface area contributed by atoms with Crippen LogP contribution in [-0.4, -0.2) is 38.8 Å². The number of carboxylic acids is 1. The molecule has 0 aliphatic rings. The summed E-state index contributed by atoms with van der Waals surface area (Å²) < 4.78 is 57.0. The lowest BCUT2D eigenvalue weighted by Crippen LogP contribution is -2.42. The molecule has 0 radical (unpaired) electrons. The van der Waals surface area contributed by atoms with E-state index in [0.717, 1.165) is 9.61 Å². The van der Waals surface area contributed by atoms with Crippen LogP contribution in [0.15, 0.2) is 0 Å². The molecule has 0 atom stereocenters. The lowest BCUT2D eigenvalue weighted by molar-refractivity contribution is -0.143. The van der Waals surface area contributed by atoms with Crippen LogP contribution in [0.4, 0.5) is 13.2 Å². The molecule has 0 rings (SSSR count). The minimum absolute atomic E-state index is 1.01. The van der Waals surface area contributed by atoms with Crippen LogP contribution in [-0.2, 0) is 19.8 Å². The number of rotatable bonds is 6. The molecule has 0 aliphatic carbocycles. The second-order valence-electron chi connectivity index (χ2n) is 2.21. The molecule has 0 fully saturated rings. The second-order valence-corrected chi connectivity index (χ2v) is 3.67. The third-order valence-electron chi connectivity index (χ3n) is 0.827. The van der Waals surface area contributed by atoms with Crippen LogP contribution in [0.1, 0.15) is 0 Å². The van der Waals surface area contributed by atoms with Gasteiger partial charge in [0, 0.05) is 0 Å². The summed E-state index contributed by atoms with van der Waals surface area (Å²) in [7, 11) is -4.52. The van der Waals surface area contributed by atoms with Gasteiger partial charge in [0.1, 0.15) is 6.54 Å². The first-order valence-electron chi connectivity index (χ1n) is 3.29. The van der Waals surface area contributed by atoms with Crippen molar-refractivity contribution in [3.63, 3.8) is 0 Å². The highest BCUT2D eigenvalue weighted by atomic mass is 32.2. The lowest BCUT2D eigenvalue weighted by Gasteiger charge is -2.09. The summed E-state index contributed by atoms with van der Waals surface area (Å²) in [5.41, 5.74) is 0. The Labute approximate surface area is 82.3 Å². The summed E-state index contributed by atoms with van der Waals surface area (Å²) in [5.74, 6) is -1.48. The quantitative estimate of drug-likeness (QED) is 0.525. The molecule has 0 aliphatic heterocycles. The van der Waals surface area contributed by atoms with Gasteiger partial charge in [0.05, 0.1) is 0 Å². The van der Waals surface area contributed by atoms with E-state index in [-0.39, 0.29) is 0 Å². The van der Waals surface area contributed by atoms with E-state index in [1.807, 2.05) is 0 Å². The third kappa shape index (κ3) is 9.40. The topological polar surface area (TPSA) is 105 Å². The van der Waals surface area contributed by atoms with Crippen LogP contribution < -0.4 is 9.61 Å². The van der Waals surface area contributed by atoms with Crippen molar-refractivity contribution in [2.45, 2.75) is 6.18 Å². The molecule has 0 aromatic rings. The summed E-state index contributed by atoms with van der Waals surface area (Å²) in [4.78, 5) is 14.8. The number of aliphatic carboxylic acids is 1. The largest absolute Gasteiger partial charge is 0.479 e. The number of hydrogen-bond donors (Lipinski definition) is 3. The minimum atomic E-state index is -4.71. The van der Waals surface area contributed by atoms with Crippen molar-refractivity contribution in [1.29, 1.82) is 0 Å². The maximum atomic E-state index is 11.5. The summed E-state index contributed by atoms with van der Waals surface area (Å²) in [6, 6.07) is 0. The van der Waals surface area contributed by atoms with Gasteiger partial charge in [-0.1, -0.05) is 4.89 Å². The van der Waals surface area contributed by atoms with Crippen LogP contribution >= 0.6 is 0 Å². The van der Waals surface area contributed by atoms with Crippen molar-refractivity contribution in [3.8, 4) is 0 Å². The SMILES string of the molecule is O=C(O)CONS(=O)(=O)NCC(F)(F)F.